The maximum Gasteiger partial charge on any atom is 0.291 e. The van der Waals surface area contributed by atoms with Crippen molar-refractivity contribution in [3.05, 3.63) is 64.3 Å². The Hall–Kier alpha value is -3.19. The molecule has 130 valence electrons. The second-order valence-electron chi connectivity index (χ2n) is 5.99. The first-order chi connectivity index (χ1) is 12.6. The molecule has 0 spiro atoms. The van der Waals surface area contributed by atoms with Gasteiger partial charge >= 0.3 is 0 Å². The van der Waals surface area contributed by atoms with Crippen molar-refractivity contribution in [2.45, 2.75) is 13.8 Å². The number of rotatable bonds is 4. The van der Waals surface area contributed by atoms with E-state index < -0.39 is 0 Å². The molecular formula is C19H17N5OS. The smallest absolute Gasteiger partial charge is 0.291 e. The van der Waals surface area contributed by atoms with Crippen LogP contribution >= 0.6 is 11.3 Å². The van der Waals surface area contributed by atoms with E-state index in [1.54, 1.807) is 23.6 Å². The number of amides is 1. The molecule has 4 aromatic rings. The van der Waals surface area contributed by atoms with Crippen molar-refractivity contribution in [1.82, 2.24) is 20.6 Å². The molecule has 0 radical (unpaired) electrons. The molecule has 0 saturated carbocycles. The molecular weight excluding hydrogens is 346 g/mol. The molecule has 0 aliphatic heterocycles. The number of aryl methyl sites for hydroxylation is 2. The Morgan fingerprint density at radius 1 is 1.23 bits per heavy atom. The zero-order chi connectivity index (χ0) is 18.1. The summed E-state index contributed by atoms with van der Waals surface area (Å²) in [5.41, 5.74) is 6.66. The highest BCUT2D eigenvalue weighted by molar-refractivity contribution is 7.15. The summed E-state index contributed by atoms with van der Waals surface area (Å²) in [5.74, 6) is -0.352. The molecule has 3 N–H and O–H groups in total. The van der Waals surface area contributed by atoms with E-state index in [9.17, 15) is 4.79 Å². The van der Waals surface area contributed by atoms with Gasteiger partial charge in [0, 0.05) is 27.0 Å². The van der Waals surface area contributed by atoms with Gasteiger partial charge in [-0.3, -0.25) is 9.89 Å². The van der Waals surface area contributed by atoms with Crippen LogP contribution < -0.4 is 5.43 Å². The Labute approximate surface area is 154 Å². The molecule has 0 aliphatic carbocycles. The second-order valence-corrected chi connectivity index (χ2v) is 7.27. The number of para-hydroxylation sites is 1. The molecule has 0 aliphatic rings. The number of aromatic amines is 2. The van der Waals surface area contributed by atoms with E-state index in [2.05, 4.69) is 25.7 Å². The largest absolute Gasteiger partial charge is 0.358 e. The van der Waals surface area contributed by atoms with Crippen LogP contribution in [0, 0.1) is 13.8 Å². The fourth-order valence-corrected chi connectivity index (χ4v) is 3.65. The zero-order valence-corrected chi connectivity index (χ0v) is 15.1. The third kappa shape index (κ3) is 3.04. The number of aromatic nitrogens is 3. The summed E-state index contributed by atoms with van der Waals surface area (Å²) < 4.78 is 0. The van der Waals surface area contributed by atoms with E-state index in [-0.39, 0.29) is 5.91 Å². The summed E-state index contributed by atoms with van der Waals surface area (Å²) in [6, 6.07) is 13.8. The Kier molecular flexibility index (Phi) is 4.14. The van der Waals surface area contributed by atoms with Crippen molar-refractivity contribution in [1.29, 1.82) is 0 Å². The first kappa shape index (κ1) is 16.3. The van der Waals surface area contributed by atoms with E-state index in [1.165, 1.54) is 4.88 Å². The van der Waals surface area contributed by atoms with Crippen LogP contribution in [0.1, 0.15) is 26.6 Å². The summed E-state index contributed by atoms with van der Waals surface area (Å²) >= 11 is 1.65. The highest BCUT2D eigenvalue weighted by Crippen LogP contribution is 2.26. The highest BCUT2D eigenvalue weighted by atomic mass is 32.1. The lowest BCUT2D eigenvalue weighted by molar-refractivity contribution is 0.0950. The van der Waals surface area contributed by atoms with Gasteiger partial charge in [-0.25, -0.2) is 5.43 Å². The molecule has 7 heteroatoms. The summed E-state index contributed by atoms with van der Waals surface area (Å²) in [4.78, 5) is 17.8. The zero-order valence-electron chi connectivity index (χ0n) is 14.3. The third-order valence-electron chi connectivity index (χ3n) is 4.12. The normalized spacial score (nSPS) is 11.5. The number of benzene rings is 1. The molecule has 1 aromatic carbocycles. The molecule has 0 saturated heterocycles. The number of H-pyrrole nitrogens is 2. The van der Waals surface area contributed by atoms with Gasteiger partial charge in [0.15, 0.2) is 5.69 Å². The number of carbonyl (C=O) groups excluding carboxylic acids is 1. The average Bonchev–Trinajstić information content (AvgIpc) is 3.34. The first-order valence-corrected chi connectivity index (χ1v) is 8.96. The molecule has 6 nitrogen and oxygen atoms in total. The number of carbonyl (C=O) groups is 1. The maximum atomic E-state index is 12.3. The van der Waals surface area contributed by atoms with Crippen molar-refractivity contribution in [3.63, 3.8) is 0 Å². The average molecular weight is 363 g/mol. The Morgan fingerprint density at radius 2 is 2.08 bits per heavy atom. The summed E-state index contributed by atoms with van der Waals surface area (Å²) in [6.45, 7) is 4.02. The third-order valence-corrected chi connectivity index (χ3v) is 5.15. The number of nitrogens with zero attached hydrogens (tertiary/aromatic N) is 2. The minimum atomic E-state index is -0.352. The van der Waals surface area contributed by atoms with Crippen LogP contribution in [0.2, 0.25) is 0 Å². The van der Waals surface area contributed by atoms with Crippen LogP contribution in [-0.4, -0.2) is 27.3 Å². The van der Waals surface area contributed by atoms with Crippen molar-refractivity contribution >= 4 is 34.4 Å². The van der Waals surface area contributed by atoms with Crippen molar-refractivity contribution in [2.24, 2.45) is 5.10 Å². The van der Waals surface area contributed by atoms with E-state index >= 15 is 0 Å². The lowest BCUT2D eigenvalue weighted by atomic mass is 10.1. The van der Waals surface area contributed by atoms with E-state index in [0.29, 0.717) is 5.69 Å². The van der Waals surface area contributed by atoms with Gasteiger partial charge in [-0.2, -0.15) is 10.2 Å². The van der Waals surface area contributed by atoms with Crippen LogP contribution in [0.5, 0.6) is 0 Å². The molecule has 1 amide bonds. The molecule has 0 bridgehead atoms. The highest BCUT2D eigenvalue weighted by Gasteiger charge is 2.12. The summed E-state index contributed by atoms with van der Waals surface area (Å²) in [7, 11) is 0. The van der Waals surface area contributed by atoms with Crippen molar-refractivity contribution in [2.75, 3.05) is 0 Å². The van der Waals surface area contributed by atoms with Gasteiger partial charge in [-0.15, -0.1) is 11.3 Å². The van der Waals surface area contributed by atoms with Gasteiger partial charge in [-0.05, 0) is 38.1 Å². The fourth-order valence-electron chi connectivity index (χ4n) is 2.82. The number of fused-ring (bicyclic) bond motifs is 1. The number of nitrogens with one attached hydrogen (secondary N) is 3. The van der Waals surface area contributed by atoms with Gasteiger partial charge in [-0.1, -0.05) is 18.2 Å². The molecule has 4 rings (SSSR count). The molecule has 0 atom stereocenters. The topological polar surface area (TPSA) is 85.9 Å². The number of hydrogen-bond donors (Lipinski definition) is 3. The van der Waals surface area contributed by atoms with Crippen molar-refractivity contribution < 1.29 is 4.79 Å². The predicted octanol–water partition coefficient (Wildman–Crippen LogP) is 4.00. The maximum absolute atomic E-state index is 12.3. The minimum Gasteiger partial charge on any atom is -0.358 e. The Morgan fingerprint density at radius 3 is 2.88 bits per heavy atom. The Balaban J connectivity index is 1.49. The first-order valence-electron chi connectivity index (χ1n) is 8.15. The number of hydrogen-bond acceptors (Lipinski definition) is 4. The van der Waals surface area contributed by atoms with Crippen LogP contribution in [0.15, 0.2) is 47.6 Å². The molecule has 3 aromatic heterocycles. The van der Waals surface area contributed by atoms with Crippen LogP contribution in [0.4, 0.5) is 0 Å². The summed E-state index contributed by atoms with van der Waals surface area (Å²) in [6.07, 6.45) is 1.66. The molecule has 0 fully saturated rings. The van der Waals surface area contributed by atoms with Gasteiger partial charge in [0.25, 0.3) is 5.91 Å². The predicted molar refractivity (Wildman–Crippen MR) is 105 cm³/mol. The van der Waals surface area contributed by atoms with E-state index in [1.807, 2.05) is 50.2 Å². The van der Waals surface area contributed by atoms with Gasteiger partial charge in [0.1, 0.15) is 0 Å². The molecule has 0 unspecified atom stereocenters. The SMILES string of the molecule is Cc1ccc(-c2cc(C(=O)N/N=C/c3c(C)[nH]c4ccccc34)n[nH]2)s1. The van der Waals surface area contributed by atoms with Crippen LogP contribution in [0.25, 0.3) is 21.5 Å². The van der Waals surface area contributed by atoms with Gasteiger partial charge in [0.05, 0.1) is 16.8 Å². The van der Waals surface area contributed by atoms with E-state index in [4.69, 9.17) is 0 Å². The monoisotopic (exact) mass is 363 g/mol. The van der Waals surface area contributed by atoms with E-state index in [0.717, 1.165) is 32.7 Å². The summed E-state index contributed by atoms with van der Waals surface area (Å²) in [5, 5.41) is 12.1. The second kappa shape index (κ2) is 6.61. The molecule has 3 heterocycles. The minimum absolute atomic E-state index is 0.304. The van der Waals surface area contributed by atoms with Crippen molar-refractivity contribution in [3.8, 4) is 10.6 Å². The lowest BCUT2D eigenvalue weighted by Gasteiger charge is -1.96. The quantitative estimate of drug-likeness (QED) is 0.378. The van der Waals surface area contributed by atoms with Gasteiger partial charge < -0.3 is 4.98 Å². The number of thiophene rings is 1. The lowest BCUT2D eigenvalue weighted by Crippen LogP contribution is -2.18. The number of hydrazone groups is 1. The van der Waals surface area contributed by atoms with Crippen LogP contribution in [0.3, 0.4) is 0 Å². The standard InChI is InChI=1S/C19H17N5OS/c1-11-7-8-18(26-11)16-9-17(23-22-16)19(25)24-20-10-14-12(2)21-15-6-4-3-5-13(14)15/h3-10,21H,1-2H3,(H,22,23)(H,24,25)/b20-10+. The van der Waals surface area contributed by atoms with Crippen LogP contribution in [-0.2, 0) is 0 Å². The Bertz CT molecular complexity index is 1120. The fraction of sp³-hybridized carbons (Fsp3) is 0.105. The van der Waals surface area contributed by atoms with Gasteiger partial charge in [0.2, 0.25) is 0 Å². The molecule has 26 heavy (non-hydrogen) atoms.